The van der Waals surface area contributed by atoms with Gasteiger partial charge in [0.05, 0.1) is 24.4 Å². The van der Waals surface area contributed by atoms with E-state index in [9.17, 15) is 4.39 Å². The SMILES string of the molecule is Fc1ccc(-c2ccc3nc(Cl)nc(N4CCOCC4)c3n2)cc1. The Kier molecular flexibility index (Phi) is 4.00. The lowest BCUT2D eigenvalue weighted by atomic mass is 10.1. The third-order valence-electron chi connectivity index (χ3n) is 3.95. The Balaban J connectivity index is 1.85. The summed E-state index contributed by atoms with van der Waals surface area (Å²) in [7, 11) is 0. The number of fused-ring (bicyclic) bond motifs is 1. The summed E-state index contributed by atoms with van der Waals surface area (Å²) in [5.41, 5.74) is 2.94. The predicted molar refractivity (Wildman–Crippen MR) is 90.8 cm³/mol. The molecule has 1 aliphatic heterocycles. The first-order chi connectivity index (χ1) is 11.7. The van der Waals surface area contributed by atoms with E-state index < -0.39 is 0 Å². The molecule has 0 aliphatic carbocycles. The zero-order valence-electron chi connectivity index (χ0n) is 12.7. The minimum absolute atomic E-state index is 0.195. The number of morpholine rings is 1. The Morgan fingerprint density at radius 1 is 0.958 bits per heavy atom. The topological polar surface area (TPSA) is 51.1 Å². The summed E-state index contributed by atoms with van der Waals surface area (Å²) < 4.78 is 18.5. The zero-order valence-corrected chi connectivity index (χ0v) is 13.5. The molecule has 0 saturated carbocycles. The van der Waals surface area contributed by atoms with Crippen LogP contribution in [0.15, 0.2) is 36.4 Å². The molecule has 0 bridgehead atoms. The zero-order chi connectivity index (χ0) is 16.5. The summed E-state index contributed by atoms with van der Waals surface area (Å²) in [5, 5.41) is 0.195. The fourth-order valence-electron chi connectivity index (χ4n) is 2.75. The Bertz CT molecular complexity index is 882. The molecule has 2 aromatic heterocycles. The van der Waals surface area contributed by atoms with E-state index in [1.807, 2.05) is 12.1 Å². The lowest BCUT2D eigenvalue weighted by molar-refractivity contribution is 0.122. The van der Waals surface area contributed by atoms with Gasteiger partial charge in [-0.3, -0.25) is 0 Å². The van der Waals surface area contributed by atoms with Gasteiger partial charge >= 0.3 is 0 Å². The molecule has 0 spiro atoms. The molecule has 1 aromatic carbocycles. The van der Waals surface area contributed by atoms with Gasteiger partial charge in [-0.15, -0.1) is 0 Å². The smallest absolute Gasteiger partial charge is 0.225 e. The number of nitrogens with zero attached hydrogens (tertiary/aromatic N) is 4. The molecule has 0 radical (unpaired) electrons. The Morgan fingerprint density at radius 3 is 2.46 bits per heavy atom. The number of benzene rings is 1. The van der Waals surface area contributed by atoms with Crippen LogP contribution in [0.1, 0.15) is 0 Å². The molecule has 5 nitrogen and oxygen atoms in total. The van der Waals surface area contributed by atoms with Crippen LogP contribution in [0.5, 0.6) is 0 Å². The average Bonchev–Trinajstić information content (AvgIpc) is 2.62. The Morgan fingerprint density at radius 2 is 1.71 bits per heavy atom. The van der Waals surface area contributed by atoms with Crippen molar-refractivity contribution >= 4 is 28.5 Å². The number of rotatable bonds is 2. The van der Waals surface area contributed by atoms with Gasteiger partial charge in [-0.2, -0.15) is 4.98 Å². The van der Waals surface area contributed by atoms with Crippen molar-refractivity contribution in [1.82, 2.24) is 15.0 Å². The van der Waals surface area contributed by atoms with E-state index >= 15 is 0 Å². The highest BCUT2D eigenvalue weighted by atomic mass is 35.5. The number of hydrogen-bond donors (Lipinski definition) is 0. The standard InChI is InChI=1S/C17H14ClFN4O/c18-17-21-14-6-5-13(11-1-3-12(19)4-2-11)20-15(14)16(22-17)23-7-9-24-10-8-23/h1-6H,7-10H2. The summed E-state index contributed by atoms with van der Waals surface area (Å²) in [4.78, 5) is 15.4. The second kappa shape index (κ2) is 6.30. The first-order valence-electron chi connectivity index (χ1n) is 7.64. The third kappa shape index (κ3) is 2.90. The number of pyridine rings is 1. The van der Waals surface area contributed by atoms with Crippen LogP contribution in [0, 0.1) is 5.82 Å². The van der Waals surface area contributed by atoms with Crippen LogP contribution in [0.3, 0.4) is 0 Å². The van der Waals surface area contributed by atoms with E-state index in [4.69, 9.17) is 21.3 Å². The van der Waals surface area contributed by atoms with Gasteiger partial charge in [-0.25, -0.2) is 14.4 Å². The number of aromatic nitrogens is 3. The maximum atomic E-state index is 13.1. The van der Waals surface area contributed by atoms with E-state index in [0.29, 0.717) is 30.1 Å². The normalized spacial score (nSPS) is 15.0. The van der Waals surface area contributed by atoms with Crippen molar-refractivity contribution in [2.45, 2.75) is 0 Å². The van der Waals surface area contributed by atoms with Crippen LogP contribution in [-0.4, -0.2) is 41.3 Å². The van der Waals surface area contributed by atoms with Gasteiger partial charge < -0.3 is 9.64 Å². The molecule has 0 unspecified atom stereocenters. The van der Waals surface area contributed by atoms with Crippen LogP contribution in [0.25, 0.3) is 22.3 Å². The highest BCUT2D eigenvalue weighted by Crippen LogP contribution is 2.27. The molecular formula is C17H14ClFN4O. The molecule has 0 N–H and O–H groups in total. The van der Waals surface area contributed by atoms with Crippen LogP contribution in [0.2, 0.25) is 5.28 Å². The maximum Gasteiger partial charge on any atom is 0.225 e. The van der Waals surface area contributed by atoms with E-state index in [1.165, 1.54) is 12.1 Å². The van der Waals surface area contributed by atoms with E-state index in [2.05, 4.69) is 14.9 Å². The molecule has 24 heavy (non-hydrogen) atoms. The van der Waals surface area contributed by atoms with E-state index in [0.717, 1.165) is 24.3 Å². The average molecular weight is 345 g/mol. The van der Waals surface area contributed by atoms with Crippen molar-refractivity contribution in [3.05, 3.63) is 47.5 Å². The Hall–Kier alpha value is -2.31. The van der Waals surface area contributed by atoms with Crippen LogP contribution >= 0.6 is 11.6 Å². The third-order valence-corrected chi connectivity index (χ3v) is 4.12. The largest absolute Gasteiger partial charge is 0.378 e. The lowest BCUT2D eigenvalue weighted by Crippen LogP contribution is -2.37. The maximum absolute atomic E-state index is 13.1. The van der Waals surface area contributed by atoms with Crippen LogP contribution in [0.4, 0.5) is 10.2 Å². The molecule has 4 rings (SSSR count). The van der Waals surface area contributed by atoms with Crippen molar-refractivity contribution in [2.24, 2.45) is 0 Å². The lowest BCUT2D eigenvalue weighted by Gasteiger charge is -2.28. The number of ether oxygens (including phenoxy) is 1. The van der Waals surface area contributed by atoms with Gasteiger partial charge in [-0.05, 0) is 48.0 Å². The van der Waals surface area contributed by atoms with Crippen molar-refractivity contribution in [3.8, 4) is 11.3 Å². The van der Waals surface area contributed by atoms with Crippen molar-refractivity contribution in [1.29, 1.82) is 0 Å². The molecule has 1 fully saturated rings. The number of hydrogen-bond acceptors (Lipinski definition) is 5. The quantitative estimate of drug-likeness (QED) is 0.667. The first kappa shape index (κ1) is 15.2. The molecule has 0 atom stereocenters. The number of halogens is 2. The van der Waals surface area contributed by atoms with Crippen molar-refractivity contribution < 1.29 is 9.13 Å². The van der Waals surface area contributed by atoms with E-state index in [1.54, 1.807) is 12.1 Å². The van der Waals surface area contributed by atoms with Gasteiger partial charge in [0, 0.05) is 18.7 Å². The van der Waals surface area contributed by atoms with E-state index in [-0.39, 0.29) is 11.1 Å². The molecule has 7 heteroatoms. The molecule has 3 heterocycles. The molecule has 1 saturated heterocycles. The molecular weight excluding hydrogens is 331 g/mol. The summed E-state index contributed by atoms with van der Waals surface area (Å²) in [5.74, 6) is 0.431. The van der Waals surface area contributed by atoms with Crippen molar-refractivity contribution in [3.63, 3.8) is 0 Å². The molecule has 3 aromatic rings. The van der Waals surface area contributed by atoms with Gasteiger partial charge in [0.1, 0.15) is 11.3 Å². The minimum Gasteiger partial charge on any atom is -0.378 e. The van der Waals surface area contributed by atoms with Gasteiger partial charge in [0.2, 0.25) is 5.28 Å². The molecule has 122 valence electrons. The number of anilines is 1. The fourth-order valence-corrected chi connectivity index (χ4v) is 2.92. The highest BCUT2D eigenvalue weighted by Gasteiger charge is 2.18. The molecule has 0 amide bonds. The monoisotopic (exact) mass is 344 g/mol. The minimum atomic E-state index is -0.274. The van der Waals surface area contributed by atoms with Gasteiger partial charge in [0.25, 0.3) is 0 Å². The fraction of sp³-hybridized carbons (Fsp3) is 0.235. The summed E-state index contributed by atoms with van der Waals surface area (Å²) >= 11 is 6.07. The second-order valence-electron chi connectivity index (χ2n) is 5.49. The summed E-state index contributed by atoms with van der Waals surface area (Å²) in [6.07, 6.45) is 0. The first-order valence-corrected chi connectivity index (χ1v) is 8.01. The predicted octanol–water partition coefficient (Wildman–Crippen LogP) is 3.32. The second-order valence-corrected chi connectivity index (χ2v) is 5.82. The van der Waals surface area contributed by atoms with Crippen LogP contribution < -0.4 is 4.90 Å². The Labute approximate surface area is 143 Å². The van der Waals surface area contributed by atoms with Gasteiger partial charge in [-0.1, -0.05) is 0 Å². The summed E-state index contributed by atoms with van der Waals surface area (Å²) in [6.45, 7) is 2.73. The van der Waals surface area contributed by atoms with Crippen molar-refractivity contribution in [2.75, 3.05) is 31.2 Å². The van der Waals surface area contributed by atoms with Crippen LogP contribution in [-0.2, 0) is 4.74 Å². The summed E-state index contributed by atoms with van der Waals surface area (Å²) in [6, 6.07) is 9.95. The van der Waals surface area contributed by atoms with Gasteiger partial charge in [0.15, 0.2) is 5.82 Å². The highest BCUT2D eigenvalue weighted by molar-refractivity contribution is 6.28. The molecule has 1 aliphatic rings.